The number of hydrogen-bond donors (Lipinski definition) is 1. The fourth-order valence-electron chi connectivity index (χ4n) is 2.45. The number of nitrogens with one attached hydrogen (secondary N) is 1. The highest BCUT2D eigenvalue weighted by atomic mass is 32.2. The minimum Gasteiger partial charge on any atom is -0.375 e. The number of carbonyl (C=O) groups excluding carboxylic acids is 1. The van der Waals surface area contributed by atoms with Crippen molar-refractivity contribution in [1.29, 1.82) is 0 Å². The molecule has 1 amide bonds. The minimum absolute atomic E-state index is 0.0279. The summed E-state index contributed by atoms with van der Waals surface area (Å²) in [6.45, 7) is 3.58. The molecule has 1 unspecified atom stereocenters. The third-order valence-electron chi connectivity index (χ3n) is 3.84. The fraction of sp³-hybridized carbons (Fsp3) is 0.533. The lowest BCUT2D eigenvalue weighted by Gasteiger charge is -2.31. The van der Waals surface area contributed by atoms with E-state index in [1.165, 1.54) is 12.1 Å². The number of amides is 1. The molecule has 2 fully saturated rings. The van der Waals surface area contributed by atoms with Gasteiger partial charge in [-0.15, -0.1) is 0 Å². The van der Waals surface area contributed by atoms with E-state index in [1.807, 2.05) is 6.92 Å². The molecule has 22 heavy (non-hydrogen) atoms. The maximum absolute atomic E-state index is 12.4. The lowest BCUT2D eigenvalue weighted by atomic mass is 10.2. The Morgan fingerprint density at radius 2 is 1.95 bits per heavy atom. The number of sulfonamides is 1. The summed E-state index contributed by atoms with van der Waals surface area (Å²) >= 11 is 0. The number of benzene rings is 1. The first-order valence-corrected chi connectivity index (χ1v) is 8.97. The Kier molecular flexibility index (Phi) is 4.20. The summed E-state index contributed by atoms with van der Waals surface area (Å²) in [4.78, 5) is 14.3. The third kappa shape index (κ3) is 3.48. The van der Waals surface area contributed by atoms with Crippen LogP contribution in [0.1, 0.15) is 30.1 Å². The number of carbonyl (C=O) groups is 1. The first-order valence-electron chi connectivity index (χ1n) is 7.49. The maximum atomic E-state index is 12.4. The largest absolute Gasteiger partial charge is 0.375 e. The summed E-state index contributed by atoms with van der Waals surface area (Å²) in [6, 6.07) is 6.19. The predicted octanol–water partition coefficient (Wildman–Crippen LogP) is 0.988. The van der Waals surface area contributed by atoms with Crippen molar-refractivity contribution < 1.29 is 17.9 Å². The first kappa shape index (κ1) is 15.5. The normalized spacial score (nSPS) is 22.6. The molecule has 1 aliphatic carbocycles. The lowest BCUT2D eigenvalue weighted by Crippen LogP contribution is -2.44. The summed E-state index contributed by atoms with van der Waals surface area (Å²) in [5.41, 5.74) is 0.500. The molecule has 0 bridgehead atoms. The van der Waals surface area contributed by atoms with Crippen LogP contribution in [0.5, 0.6) is 0 Å². The first-order chi connectivity index (χ1) is 10.5. The van der Waals surface area contributed by atoms with Crippen LogP contribution in [0.25, 0.3) is 0 Å². The van der Waals surface area contributed by atoms with E-state index in [-0.39, 0.29) is 22.9 Å². The van der Waals surface area contributed by atoms with E-state index in [9.17, 15) is 13.2 Å². The van der Waals surface area contributed by atoms with Crippen LogP contribution in [0.15, 0.2) is 29.2 Å². The van der Waals surface area contributed by atoms with Gasteiger partial charge in [-0.25, -0.2) is 13.1 Å². The van der Waals surface area contributed by atoms with Gasteiger partial charge in [-0.1, -0.05) is 0 Å². The Hall–Kier alpha value is -1.44. The standard InChI is InChI=1S/C15H20N2O4S/c1-11-10-17(8-9-21-11)15(18)12-2-6-14(7-3-12)22(19,20)16-13-4-5-13/h2-3,6-7,11,13,16H,4-5,8-10H2,1H3. The van der Waals surface area contributed by atoms with Gasteiger partial charge < -0.3 is 9.64 Å². The predicted molar refractivity (Wildman–Crippen MR) is 81.1 cm³/mol. The van der Waals surface area contributed by atoms with Crippen LogP contribution in [0.4, 0.5) is 0 Å². The fourth-order valence-corrected chi connectivity index (χ4v) is 3.76. The van der Waals surface area contributed by atoms with E-state index in [0.717, 1.165) is 12.8 Å². The molecule has 1 atom stereocenters. The Bertz CT molecular complexity index is 653. The molecule has 1 heterocycles. The van der Waals surface area contributed by atoms with Crippen LogP contribution in [0.2, 0.25) is 0 Å². The number of rotatable bonds is 4. The monoisotopic (exact) mass is 324 g/mol. The van der Waals surface area contributed by atoms with Crippen molar-refractivity contribution in [3.8, 4) is 0 Å². The van der Waals surface area contributed by atoms with Gasteiger partial charge in [-0.3, -0.25) is 4.79 Å². The molecule has 0 spiro atoms. The highest BCUT2D eigenvalue weighted by Crippen LogP contribution is 2.22. The van der Waals surface area contributed by atoms with Crippen LogP contribution in [0.3, 0.4) is 0 Å². The molecule has 120 valence electrons. The smallest absolute Gasteiger partial charge is 0.254 e. The lowest BCUT2D eigenvalue weighted by molar-refractivity contribution is -0.0124. The van der Waals surface area contributed by atoms with Gasteiger partial charge in [0.1, 0.15) is 0 Å². The van der Waals surface area contributed by atoms with Crippen molar-refractivity contribution in [1.82, 2.24) is 9.62 Å². The minimum atomic E-state index is -3.47. The van der Waals surface area contributed by atoms with Crippen LogP contribution in [-0.2, 0) is 14.8 Å². The number of morpholine rings is 1. The van der Waals surface area contributed by atoms with Gasteiger partial charge in [0.05, 0.1) is 17.6 Å². The van der Waals surface area contributed by atoms with Crippen LogP contribution < -0.4 is 4.72 Å². The molecule has 1 aromatic carbocycles. The maximum Gasteiger partial charge on any atom is 0.254 e. The third-order valence-corrected chi connectivity index (χ3v) is 5.38. The van der Waals surface area contributed by atoms with Crippen molar-refractivity contribution in [2.75, 3.05) is 19.7 Å². The average Bonchev–Trinajstić information content (AvgIpc) is 3.30. The van der Waals surface area contributed by atoms with Crippen molar-refractivity contribution in [2.45, 2.75) is 36.8 Å². The Morgan fingerprint density at radius 3 is 2.55 bits per heavy atom. The Balaban J connectivity index is 1.71. The summed E-state index contributed by atoms with van der Waals surface area (Å²) in [7, 11) is -3.47. The average molecular weight is 324 g/mol. The zero-order chi connectivity index (χ0) is 15.7. The summed E-state index contributed by atoms with van der Waals surface area (Å²) in [5.74, 6) is -0.0887. The van der Waals surface area contributed by atoms with Crippen LogP contribution >= 0.6 is 0 Å². The summed E-state index contributed by atoms with van der Waals surface area (Å²) in [5, 5.41) is 0. The second kappa shape index (κ2) is 5.98. The molecule has 1 aromatic rings. The molecule has 1 saturated carbocycles. The van der Waals surface area contributed by atoms with Crippen molar-refractivity contribution in [3.63, 3.8) is 0 Å². The van der Waals surface area contributed by atoms with Gasteiger partial charge in [0.25, 0.3) is 5.91 Å². The number of hydrogen-bond acceptors (Lipinski definition) is 4. The zero-order valence-electron chi connectivity index (χ0n) is 12.5. The molecule has 2 aliphatic rings. The second-order valence-corrected chi connectivity index (χ2v) is 7.57. The van der Waals surface area contributed by atoms with E-state index >= 15 is 0 Å². The highest BCUT2D eigenvalue weighted by Gasteiger charge is 2.28. The Morgan fingerprint density at radius 1 is 1.27 bits per heavy atom. The molecule has 7 heteroatoms. The van der Waals surface area contributed by atoms with E-state index in [2.05, 4.69) is 4.72 Å². The molecule has 6 nitrogen and oxygen atoms in total. The molecular formula is C15H20N2O4S. The van der Waals surface area contributed by atoms with E-state index in [0.29, 0.717) is 25.3 Å². The summed E-state index contributed by atoms with van der Waals surface area (Å²) in [6.07, 6.45) is 1.82. The quantitative estimate of drug-likeness (QED) is 0.896. The topological polar surface area (TPSA) is 75.7 Å². The van der Waals surface area contributed by atoms with Gasteiger partial charge in [-0.05, 0) is 44.0 Å². The second-order valence-electron chi connectivity index (χ2n) is 5.85. The van der Waals surface area contributed by atoms with Gasteiger partial charge in [0.2, 0.25) is 10.0 Å². The molecule has 1 aliphatic heterocycles. The molecular weight excluding hydrogens is 304 g/mol. The SMILES string of the molecule is CC1CN(C(=O)c2ccc(S(=O)(=O)NC3CC3)cc2)CCO1. The van der Waals surface area contributed by atoms with Gasteiger partial charge in [0.15, 0.2) is 0 Å². The molecule has 0 radical (unpaired) electrons. The van der Waals surface area contributed by atoms with Crippen molar-refractivity contribution in [3.05, 3.63) is 29.8 Å². The van der Waals surface area contributed by atoms with Crippen LogP contribution in [-0.4, -0.2) is 51.1 Å². The van der Waals surface area contributed by atoms with Crippen molar-refractivity contribution >= 4 is 15.9 Å². The van der Waals surface area contributed by atoms with Crippen LogP contribution in [0, 0.1) is 0 Å². The van der Waals surface area contributed by atoms with Gasteiger partial charge in [0, 0.05) is 24.7 Å². The Labute approximate surface area is 130 Å². The number of ether oxygens (including phenoxy) is 1. The molecule has 0 aromatic heterocycles. The number of nitrogens with zero attached hydrogens (tertiary/aromatic N) is 1. The molecule has 1 N–H and O–H groups in total. The summed E-state index contributed by atoms with van der Waals surface area (Å²) < 4.78 is 32.2. The zero-order valence-corrected chi connectivity index (χ0v) is 13.3. The van der Waals surface area contributed by atoms with E-state index in [1.54, 1.807) is 17.0 Å². The van der Waals surface area contributed by atoms with E-state index < -0.39 is 10.0 Å². The molecule has 3 rings (SSSR count). The van der Waals surface area contributed by atoms with Gasteiger partial charge >= 0.3 is 0 Å². The van der Waals surface area contributed by atoms with Crippen molar-refractivity contribution in [2.24, 2.45) is 0 Å². The van der Waals surface area contributed by atoms with Gasteiger partial charge in [-0.2, -0.15) is 0 Å². The highest BCUT2D eigenvalue weighted by molar-refractivity contribution is 7.89. The molecule has 1 saturated heterocycles. The van der Waals surface area contributed by atoms with E-state index in [4.69, 9.17) is 4.74 Å².